The number of anilines is 9. The molecule has 9 heterocycles. The van der Waals surface area contributed by atoms with Gasteiger partial charge in [-0.05, 0) is 126 Å². The molecule has 0 unspecified atom stereocenters. The van der Waals surface area contributed by atoms with Crippen LogP contribution < -0.4 is 25.1 Å². The van der Waals surface area contributed by atoms with E-state index in [2.05, 4.69) is 322 Å². The fourth-order valence-electron chi connectivity index (χ4n) is 15.2. The van der Waals surface area contributed by atoms with E-state index in [1.807, 2.05) is 140 Å². The Hall–Kier alpha value is -12.0. The quantitative estimate of drug-likeness (QED) is 0.0736. The Morgan fingerprint density at radius 3 is 1.07 bits per heavy atom. The summed E-state index contributed by atoms with van der Waals surface area (Å²) in [7, 11) is -1.75. The molecule has 0 amide bonds. The van der Waals surface area contributed by atoms with Crippen LogP contribution >= 0.6 is 11.3 Å². The molecule has 1 aliphatic rings. The number of fused-ring (bicyclic) bond motifs is 9. The van der Waals surface area contributed by atoms with Gasteiger partial charge in [-0.1, -0.05) is 140 Å². The number of pyridine rings is 6. The van der Waals surface area contributed by atoms with Gasteiger partial charge in [-0.15, -0.1) is 131 Å². The van der Waals surface area contributed by atoms with Gasteiger partial charge in [0.1, 0.15) is 8.07 Å². The monoisotopic (exact) mass is 2170 g/mol. The van der Waals surface area contributed by atoms with Gasteiger partial charge in [-0.2, -0.15) is 0 Å². The zero-order chi connectivity index (χ0) is 77.7. The third kappa shape index (κ3) is 16.9. The number of hydrogen-bond donors (Lipinski definition) is 0. The van der Waals surface area contributed by atoms with Crippen molar-refractivity contribution in [2.75, 3.05) is 14.7 Å². The van der Waals surface area contributed by atoms with Crippen molar-refractivity contribution in [2.45, 2.75) is 13.1 Å². The minimum Gasteiger partial charge on any atom is -0.346 e. The topological polar surface area (TPSA) is 87.1 Å². The number of nitrogens with zero attached hydrogens (tertiary/aromatic N) is 9. The van der Waals surface area contributed by atoms with Crippen LogP contribution in [0, 0.1) is 36.4 Å². The summed E-state index contributed by atoms with van der Waals surface area (Å²) in [6, 6.07) is 141. The average Bonchev–Trinajstić information content (AvgIpc) is 1.59. The smallest absolute Gasteiger partial charge is 0.0521 e. The third-order valence-corrected chi connectivity index (χ3v) is 27.8. The first-order valence-corrected chi connectivity index (χ1v) is 43.9. The molecule has 21 rings (SSSR count). The van der Waals surface area contributed by atoms with Gasteiger partial charge in [0.25, 0.3) is 0 Å². The maximum absolute atomic E-state index is 4.97. The molecule has 0 radical (unpaired) electrons. The van der Waals surface area contributed by atoms with Crippen molar-refractivity contribution >= 4 is 135 Å². The summed E-state index contributed by atoms with van der Waals surface area (Å²) in [4.78, 5) is 34.8. The predicted molar refractivity (Wildman–Crippen MR) is 483 cm³/mol. The summed E-state index contributed by atoms with van der Waals surface area (Å²) in [5.74, 6) is 0. The molecule has 0 bridgehead atoms. The van der Waals surface area contributed by atoms with E-state index in [-0.39, 0.29) is 63.2 Å². The minimum atomic E-state index is -1.75. The Morgan fingerprint density at radius 2 is 0.622 bits per heavy atom. The summed E-state index contributed by atoms with van der Waals surface area (Å²) in [5, 5.41) is 8.00. The molecule has 20 aromatic rings. The summed E-state index contributed by atoms with van der Waals surface area (Å²) < 4.78 is 5.23. The van der Waals surface area contributed by atoms with Crippen LogP contribution in [-0.4, -0.2) is 52.5 Å². The van der Waals surface area contributed by atoms with Crippen LogP contribution in [0.4, 0.5) is 51.2 Å². The molecular formula is C104H69N9Pt3SSeSi. The summed E-state index contributed by atoms with van der Waals surface area (Å²) >= 11 is 2.08. The van der Waals surface area contributed by atoms with Crippen molar-refractivity contribution < 1.29 is 63.2 Å². The SMILES string of the molecule is C[Si]1(C)c2ccccc2-c2cc(-c3[c-]c(N(c4[c-]c(-c5ccccn5)ccc4)c4ccccc4)ccc3)ncc21.[Pt+2].[Pt+2].[Pt+2].[c-]1c(-c2ccccn2)cccc1N(c1[c-]c(-c2cc3c(cn2)[se]c2ccccc23)ccc1)c1ccccc1.[c-]1c(-c2ccccn2)cccc1N(c1[c-]c(-c2cc3c(cn2)sc2ccccc23)ccc1)c1ccccc1. The normalized spacial score (nSPS) is 11.5. The van der Waals surface area contributed by atoms with Gasteiger partial charge in [-0.3, -0.25) is 0 Å². The van der Waals surface area contributed by atoms with E-state index < -0.39 is 8.07 Å². The molecule has 8 aromatic heterocycles. The van der Waals surface area contributed by atoms with Gasteiger partial charge in [0.05, 0.1) is 4.70 Å². The molecule has 12 aromatic carbocycles. The van der Waals surface area contributed by atoms with E-state index in [1.165, 1.54) is 61.0 Å². The molecule has 0 atom stereocenters. The van der Waals surface area contributed by atoms with E-state index >= 15 is 0 Å². The molecule has 576 valence electrons. The molecule has 0 N–H and O–H groups in total. The molecule has 0 saturated heterocycles. The van der Waals surface area contributed by atoms with E-state index in [4.69, 9.17) is 15.0 Å². The molecular weight excluding hydrogens is 2100 g/mol. The zero-order valence-corrected chi connectivity index (χ0v) is 74.5. The van der Waals surface area contributed by atoms with Crippen molar-refractivity contribution in [3.05, 3.63) is 419 Å². The van der Waals surface area contributed by atoms with Crippen LogP contribution in [-0.2, 0) is 63.2 Å². The number of aromatic nitrogens is 6. The fraction of sp³-hybridized carbons (Fsp3) is 0.0192. The van der Waals surface area contributed by atoms with Crippen LogP contribution in [0.25, 0.3) is 118 Å². The Morgan fingerprint density at radius 1 is 0.261 bits per heavy atom. The van der Waals surface area contributed by atoms with Gasteiger partial charge in [-0.25, -0.2) is 0 Å². The largest absolute Gasteiger partial charge is 0.346 e. The Balaban J connectivity index is 0.000000132. The van der Waals surface area contributed by atoms with Crippen LogP contribution in [0.1, 0.15) is 0 Å². The second-order valence-corrected chi connectivity index (χ2v) is 36.2. The third-order valence-electron chi connectivity index (χ3n) is 20.8. The van der Waals surface area contributed by atoms with Crippen LogP contribution in [0.2, 0.25) is 13.1 Å². The van der Waals surface area contributed by atoms with Crippen molar-refractivity contribution in [1.29, 1.82) is 0 Å². The van der Waals surface area contributed by atoms with Crippen molar-refractivity contribution in [3.8, 4) is 78.7 Å². The summed E-state index contributed by atoms with van der Waals surface area (Å²) in [5.41, 5.74) is 22.4. The Bertz CT molecular complexity index is 6650. The second kappa shape index (κ2) is 36.4. The van der Waals surface area contributed by atoms with Gasteiger partial charge >= 0.3 is 262 Å². The van der Waals surface area contributed by atoms with Crippen LogP contribution in [0.5, 0.6) is 0 Å². The fourth-order valence-corrected chi connectivity index (χ4v) is 21.5. The average molecular weight is 2170 g/mol. The molecule has 119 heavy (non-hydrogen) atoms. The number of thiophene rings is 1. The summed E-state index contributed by atoms with van der Waals surface area (Å²) in [6.45, 7) is 4.83. The number of benzene rings is 12. The Labute approximate surface area is 746 Å². The first-order valence-electron chi connectivity index (χ1n) is 38.4. The Kier molecular flexibility index (Phi) is 24.7. The number of para-hydroxylation sites is 3. The minimum absolute atomic E-state index is 0. The van der Waals surface area contributed by atoms with Crippen LogP contribution in [0.15, 0.2) is 383 Å². The maximum Gasteiger partial charge on any atom is 0.0521 e. The van der Waals surface area contributed by atoms with E-state index in [9.17, 15) is 0 Å². The van der Waals surface area contributed by atoms with Crippen molar-refractivity contribution in [1.82, 2.24) is 29.9 Å². The van der Waals surface area contributed by atoms with E-state index in [0.29, 0.717) is 14.5 Å². The van der Waals surface area contributed by atoms with Crippen molar-refractivity contribution in [3.63, 3.8) is 0 Å². The maximum atomic E-state index is 4.97. The molecule has 0 fully saturated rings. The number of rotatable bonds is 15. The van der Waals surface area contributed by atoms with Gasteiger partial charge in [0.2, 0.25) is 0 Å². The molecule has 15 heteroatoms. The zero-order valence-electron chi connectivity index (χ0n) is 64.2. The van der Waals surface area contributed by atoms with Gasteiger partial charge < -0.3 is 34.7 Å². The molecule has 9 nitrogen and oxygen atoms in total. The number of hydrogen-bond acceptors (Lipinski definition) is 10. The summed E-state index contributed by atoms with van der Waals surface area (Å²) in [6.07, 6.45) is 11.6. The van der Waals surface area contributed by atoms with Crippen LogP contribution in [0.3, 0.4) is 0 Å². The van der Waals surface area contributed by atoms with Crippen molar-refractivity contribution in [2.24, 2.45) is 0 Å². The predicted octanol–water partition coefficient (Wildman–Crippen LogP) is 25.2. The van der Waals surface area contributed by atoms with E-state index in [1.54, 1.807) is 11.3 Å². The molecule has 1 aliphatic heterocycles. The first kappa shape index (κ1) is 80.7. The standard InChI is InChI=1S/C36H27N3Si.C34H21N3S.C34H21N3Se.3Pt/c1-40(2)35-20-7-6-18-31(35)32-24-34(38-25-36(32)40)27-13-11-17-30(23-27)39(28-14-4-3-5-15-28)29-16-10-12-26(22-29)33-19-8-9-21-37-33;2*1-2-12-26(13-3-1)37(27-14-8-10-24(20-27)31-17-6-7-19-35-31)28-15-9-11-25(21-28)32-22-30-29-16-4-5-18-33(29)38-34(30)23-36-32;;;/h3-21,24-25H,1-2H3;2*1-19,22-23H;;;/q3*-2;3*+2. The molecule has 0 saturated carbocycles. The molecule has 0 aliphatic carbocycles. The second-order valence-electron chi connectivity index (χ2n) is 28.5. The molecule has 0 spiro atoms. The first-order chi connectivity index (χ1) is 57.3. The van der Waals surface area contributed by atoms with Gasteiger partial charge in [0.15, 0.2) is 0 Å². The van der Waals surface area contributed by atoms with Gasteiger partial charge in [0, 0.05) is 47.1 Å². The van der Waals surface area contributed by atoms with E-state index in [0.717, 1.165) is 119 Å².